The number of carboxylic acid groups (broad SMARTS) is 1. The minimum Gasteiger partial charge on any atom is -0.481 e. The summed E-state index contributed by atoms with van der Waals surface area (Å²) in [7, 11) is 0. The van der Waals surface area contributed by atoms with Crippen LogP contribution in [0.1, 0.15) is 24.9 Å². The molecule has 1 unspecified atom stereocenters. The molecule has 1 aromatic carbocycles. The molecule has 0 fully saturated rings. The number of carbonyl (C=O) groups excluding carboxylic acids is 1. The maximum absolute atomic E-state index is 11.6. The van der Waals surface area contributed by atoms with E-state index in [1.54, 1.807) is 12.1 Å². The Morgan fingerprint density at radius 1 is 1.28 bits per heavy atom. The van der Waals surface area contributed by atoms with E-state index in [4.69, 9.17) is 5.11 Å². The SMILES string of the molecule is CCNCC(=O)NC(CC(=O)O)c1ccccc1. The van der Waals surface area contributed by atoms with Crippen molar-refractivity contribution in [3.63, 3.8) is 0 Å². The fourth-order valence-corrected chi connectivity index (χ4v) is 1.60. The van der Waals surface area contributed by atoms with E-state index >= 15 is 0 Å². The molecular weight excluding hydrogens is 232 g/mol. The molecule has 0 aliphatic carbocycles. The van der Waals surface area contributed by atoms with Crippen molar-refractivity contribution >= 4 is 11.9 Å². The maximum atomic E-state index is 11.6. The topological polar surface area (TPSA) is 78.4 Å². The fraction of sp³-hybridized carbons (Fsp3) is 0.385. The lowest BCUT2D eigenvalue weighted by Gasteiger charge is -2.17. The largest absolute Gasteiger partial charge is 0.481 e. The number of hydrogen-bond donors (Lipinski definition) is 3. The van der Waals surface area contributed by atoms with Crippen LogP contribution in [0.2, 0.25) is 0 Å². The monoisotopic (exact) mass is 250 g/mol. The van der Waals surface area contributed by atoms with Gasteiger partial charge < -0.3 is 15.7 Å². The zero-order chi connectivity index (χ0) is 13.4. The van der Waals surface area contributed by atoms with Crippen LogP contribution in [0, 0.1) is 0 Å². The zero-order valence-corrected chi connectivity index (χ0v) is 10.3. The highest BCUT2D eigenvalue weighted by Gasteiger charge is 2.17. The van der Waals surface area contributed by atoms with Crippen LogP contribution in [0.4, 0.5) is 0 Å². The van der Waals surface area contributed by atoms with Crippen LogP contribution in [-0.4, -0.2) is 30.1 Å². The molecule has 5 heteroatoms. The minimum atomic E-state index is -0.937. The quantitative estimate of drug-likeness (QED) is 0.672. The van der Waals surface area contributed by atoms with Crippen molar-refractivity contribution in [1.82, 2.24) is 10.6 Å². The van der Waals surface area contributed by atoms with Crippen LogP contribution in [-0.2, 0) is 9.59 Å². The number of carboxylic acids is 1. The van der Waals surface area contributed by atoms with Crippen molar-refractivity contribution < 1.29 is 14.7 Å². The van der Waals surface area contributed by atoms with Crippen LogP contribution < -0.4 is 10.6 Å². The zero-order valence-electron chi connectivity index (χ0n) is 10.3. The molecule has 1 atom stereocenters. The Kier molecular flexibility index (Phi) is 5.87. The molecule has 0 spiro atoms. The third-order valence-electron chi connectivity index (χ3n) is 2.45. The van der Waals surface area contributed by atoms with Crippen molar-refractivity contribution in [2.75, 3.05) is 13.1 Å². The summed E-state index contributed by atoms with van der Waals surface area (Å²) in [5.74, 6) is -1.14. The number of likely N-dealkylation sites (N-methyl/N-ethyl adjacent to an activating group) is 1. The van der Waals surface area contributed by atoms with Crippen LogP contribution in [0.3, 0.4) is 0 Å². The summed E-state index contributed by atoms with van der Waals surface area (Å²) in [6.45, 7) is 2.79. The van der Waals surface area contributed by atoms with Gasteiger partial charge in [-0.1, -0.05) is 37.3 Å². The molecule has 5 nitrogen and oxygen atoms in total. The van der Waals surface area contributed by atoms with Gasteiger partial charge in [0.1, 0.15) is 0 Å². The molecule has 1 amide bonds. The molecule has 0 aliphatic heterocycles. The molecule has 0 aliphatic rings. The van der Waals surface area contributed by atoms with E-state index in [-0.39, 0.29) is 18.9 Å². The molecule has 98 valence electrons. The summed E-state index contributed by atoms with van der Waals surface area (Å²) in [5, 5.41) is 14.5. The Hall–Kier alpha value is -1.88. The molecule has 0 bridgehead atoms. The second-order valence-corrected chi connectivity index (χ2v) is 3.91. The summed E-state index contributed by atoms with van der Waals surface area (Å²) in [5.41, 5.74) is 0.796. The second-order valence-electron chi connectivity index (χ2n) is 3.91. The Labute approximate surface area is 106 Å². The smallest absolute Gasteiger partial charge is 0.305 e. The molecule has 18 heavy (non-hydrogen) atoms. The standard InChI is InChI=1S/C13H18N2O3/c1-2-14-9-12(16)15-11(8-13(17)18)10-6-4-3-5-7-10/h3-7,11,14H,2,8-9H2,1H3,(H,15,16)(H,17,18). The normalized spacial score (nSPS) is 11.8. The number of rotatable bonds is 7. The van der Waals surface area contributed by atoms with Gasteiger partial charge in [0, 0.05) is 0 Å². The van der Waals surface area contributed by atoms with Gasteiger partial charge in [-0.2, -0.15) is 0 Å². The molecule has 0 saturated heterocycles. The van der Waals surface area contributed by atoms with Gasteiger partial charge in [-0.25, -0.2) is 0 Å². The minimum absolute atomic E-state index is 0.123. The summed E-state index contributed by atoms with van der Waals surface area (Å²) < 4.78 is 0. The van der Waals surface area contributed by atoms with E-state index in [1.807, 2.05) is 25.1 Å². The molecular formula is C13H18N2O3. The van der Waals surface area contributed by atoms with E-state index in [2.05, 4.69) is 10.6 Å². The first-order valence-electron chi connectivity index (χ1n) is 5.90. The van der Waals surface area contributed by atoms with Crippen LogP contribution in [0.5, 0.6) is 0 Å². The molecule has 0 heterocycles. The number of hydrogen-bond acceptors (Lipinski definition) is 3. The highest BCUT2D eigenvalue weighted by Crippen LogP contribution is 2.16. The van der Waals surface area contributed by atoms with Crippen molar-refractivity contribution in [3.05, 3.63) is 35.9 Å². The first-order valence-corrected chi connectivity index (χ1v) is 5.90. The molecule has 1 aromatic rings. The van der Waals surface area contributed by atoms with E-state index in [0.717, 1.165) is 5.56 Å². The van der Waals surface area contributed by atoms with Crippen molar-refractivity contribution in [2.45, 2.75) is 19.4 Å². The average molecular weight is 250 g/mol. The van der Waals surface area contributed by atoms with Crippen molar-refractivity contribution in [2.24, 2.45) is 0 Å². The van der Waals surface area contributed by atoms with Crippen molar-refractivity contribution in [3.8, 4) is 0 Å². The lowest BCUT2D eigenvalue weighted by Crippen LogP contribution is -2.37. The first-order chi connectivity index (χ1) is 8.63. The summed E-state index contributed by atoms with van der Waals surface area (Å²) in [6.07, 6.45) is -0.123. The lowest BCUT2D eigenvalue weighted by atomic mass is 10.0. The van der Waals surface area contributed by atoms with Gasteiger partial charge >= 0.3 is 5.97 Å². The molecule has 1 rings (SSSR count). The third kappa shape index (κ3) is 4.97. The summed E-state index contributed by atoms with van der Waals surface area (Å²) in [4.78, 5) is 22.4. The van der Waals surface area contributed by atoms with Gasteiger partial charge in [0.2, 0.25) is 5.91 Å². The molecule has 0 aromatic heterocycles. The summed E-state index contributed by atoms with van der Waals surface area (Å²) in [6, 6.07) is 8.61. The maximum Gasteiger partial charge on any atom is 0.305 e. The highest BCUT2D eigenvalue weighted by molar-refractivity contribution is 5.79. The Morgan fingerprint density at radius 3 is 2.50 bits per heavy atom. The highest BCUT2D eigenvalue weighted by atomic mass is 16.4. The number of aliphatic carboxylic acids is 1. The Bertz CT molecular complexity index is 392. The number of benzene rings is 1. The molecule has 0 radical (unpaired) electrons. The van der Waals surface area contributed by atoms with Gasteiger partial charge in [0.25, 0.3) is 0 Å². The fourth-order valence-electron chi connectivity index (χ4n) is 1.60. The van der Waals surface area contributed by atoms with Crippen LogP contribution in [0.25, 0.3) is 0 Å². The van der Waals surface area contributed by atoms with Gasteiger partial charge in [-0.05, 0) is 12.1 Å². The third-order valence-corrected chi connectivity index (χ3v) is 2.45. The number of carbonyl (C=O) groups is 2. The Morgan fingerprint density at radius 2 is 1.94 bits per heavy atom. The molecule has 3 N–H and O–H groups in total. The number of amides is 1. The number of nitrogens with one attached hydrogen (secondary N) is 2. The average Bonchev–Trinajstić information content (AvgIpc) is 2.36. The first kappa shape index (κ1) is 14.2. The predicted octanol–water partition coefficient (Wildman–Crippen LogP) is 0.928. The van der Waals surface area contributed by atoms with Crippen molar-refractivity contribution in [1.29, 1.82) is 0 Å². The molecule has 0 saturated carbocycles. The van der Waals surface area contributed by atoms with Gasteiger partial charge in [-0.15, -0.1) is 0 Å². The second kappa shape index (κ2) is 7.45. The van der Waals surface area contributed by atoms with Gasteiger partial charge in [0.05, 0.1) is 19.0 Å². The lowest BCUT2D eigenvalue weighted by molar-refractivity contribution is -0.137. The van der Waals surface area contributed by atoms with Crippen LogP contribution >= 0.6 is 0 Å². The van der Waals surface area contributed by atoms with Crippen LogP contribution in [0.15, 0.2) is 30.3 Å². The van der Waals surface area contributed by atoms with E-state index < -0.39 is 12.0 Å². The van der Waals surface area contributed by atoms with Gasteiger partial charge in [0.15, 0.2) is 0 Å². The Balaban J connectivity index is 2.67. The predicted molar refractivity (Wildman–Crippen MR) is 68.1 cm³/mol. The van der Waals surface area contributed by atoms with E-state index in [9.17, 15) is 9.59 Å². The summed E-state index contributed by atoms with van der Waals surface area (Å²) >= 11 is 0. The van der Waals surface area contributed by atoms with E-state index in [0.29, 0.717) is 6.54 Å². The van der Waals surface area contributed by atoms with E-state index in [1.165, 1.54) is 0 Å². The van der Waals surface area contributed by atoms with Gasteiger partial charge in [-0.3, -0.25) is 9.59 Å².